The van der Waals surface area contributed by atoms with Gasteiger partial charge < -0.3 is 10.2 Å². The van der Waals surface area contributed by atoms with Gasteiger partial charge in [-0.05, 0) is 43.2 Å². The van der Waals surface area contributed by atoms with Gasteiger partial charge >= 0.3 is 0 Å². The van der Waals surface area contributed by atoms with E-state index >= 15 is 0 Å². The molecule has 1 amide bonds. The van der Waals surface area contributed by atoms with E-state index in [0.29, 0.717) is 18.8 Å². The number of hydrogen-bond donors (Lipinski definition) is 1. The van der Waals surface area contributed by atoms with Gasteiger partial charge in [0, 0.05) is 32.1 Å². The monoisotopic (exact) mass is 383 g/mol. The second-order valence-electron chi connectivity index (χ2n) is 6.24. The molecule has 0 radical (unpaired) electrons. The van der Waals surface area contributed by atoms with E-state index in [9.17, 15) is 13.6 Å². The van der Waals surface area contributed by atoms with Crippen LogP contribution in [0.4, 0.5) is 20.3 Å². The van der Waals surface area contributed by atoms with E-state index in [0.717, 1.165) is 17.7 Å². The van der Waals surface area contributed by atoms with Crippen molar-refractivity contribution in [2.24, 2.45) is 0 Å². The molecule has 1 N–H and O–H groups in total. The van der Waals surface area contributed by atoms with Crippen LogP contribution in [0, 0.1) is 18.6 Å². The molecule has 6 nitrogen and oxygen atoms in total. The molecule has 0 unspecified atom stereocenters. The van der Waals surface area contributed by atoms with E-state index in [-0.39, 0.29) is 23.1 Å². The maximum atomic E-state index is 13.9. The van der Waals surface area contributed by atoms with Gasteiger partial charge in [0.15, 0.2) is 0 Å². The Balaban J connectivity index is 1.75. The molecule has 0 saturated heterocycles. The molecule has 0 atom stereocenters. The summed E-state index contributed by atoms with van der Waals surface area (Å²) in [6, 6.07) is 8.70. The average Bonchev–Trinajstić information content (AvgIpc) is 2.69. The van der Waals surface area contributed by atoms with Crippen LogP contribution in [-0.2, 0) is 6.42 Å². The van der Waals surface area contributed by atoms with Crippen molar-refractivity contribution in [3.05, 3.63) is 77.5 Å². The van der Waals surface area contributed by atoms with Crippen molar-refractivity contribution in [2.45, 2.75) is 13.3 Å². The Labute approximate surface area is 161 Å². The normalized spacial score (nSPS) is 10.6. The van der Waals surface area contributed by atoms with E-state index in [1.165, 1.54) is 17.0 Å². The molecule has 0 bridgehead atoms. The lowest BCUT2D eigenvalue weighted by molar-refractivity contribution is 0.0790. The molecule has 28 heavy (non-hydrogen) atoms. The van der Waals surface area contributed by atoms with Crippen molar-refractivity contribution in [3.63, 3.8) is 0 Å². The van der Waals surface area contributed by atoms with Gasteiger partial charge in [0.1, 0.15) is 34.7 Å². The van der Waals surface area contributed by atoms with Crippen LogP contribution < -0.4 is 5.32 Å². The van der Waals surface area contributed by atoms with E-state index < -0.39 is 11.6 Å². The first-order valence-electron chi connectivity index (χ1n) is 8.65. The molecule has 0 saturated carbocycles. The lowest BCUT2D eigenvalue weighted by Crippen LogP contribution is -2.30. The minimum atomic E-state index is -0.751. The number of halogens is 2. The Bertz CT molecular complexity index is 961. The zero-order valence-corrected chi connectivity index (χ0v) is 15.5. The van der Waals surface area contributed by atoms with Gasteiger partial charge in [0.25, 0.3) is 5.91 Å². The van der Waals surface area contributed by atoms with Crippen LogP contribution in [0.1, 0.15) is 21.9 Å². The predicted octanol–water partition coefficient (Wildman–Crippen LogP) is 3.52. The standard InChI is InChI=1S/C20H19F2N5O/c1-13-24-17(20(28)27(2)11-8-14-6-9-23-10-7-14)12-18(25-13)26-19-15(21)4-3-5-16(19)22/h3-7,9-10,12H,8,11H2,1-2H3,(H,24,25,26). The van der Waals surface area contributed by atoms with Crippen LogP contribution in [0.2, 0.25) is 0 Å². The number of aromatic nitrogens is 3. The quantitative estimate of drug-likeness (QED) is 0.705. The zero-order chi connectivity index (χ0) is 20.1. The molecule has 8 heteroatoms. The highest BCUT2D eigenvalue weighted by Gasteiger charge is 2.17. The van der Waals surface area contributed by atoms with Crippen LogP contribution in [0.15, 0.2) is 48.8 Å². The van der Waals surface area contributed by atoms with E-state index in [1.807, 2.05) is 12.1 Å². The minimum Gasteiger partial charge on any atom is -0.340 e. The summed E-state index contributed by atoms with van der Waals surface area (Å²) < 4.78 is 27.7. The number of hydrogen-bond acceptors (Lipinski definition) is 5. The second-order valence-corrected chi connectivity index (χ2v) is 6.24. The number of nitrogens with one attached hydrogen (secondary N) is 1. The number of pyridine rings is 1. The molecule has 0 fully saturated rings. The number of aryl methyl sites for hydroxylation is 1. The molecule has 0 aliphatic heterocycles. The number of carbonyl (C=O) groups excluding carboxylic acids is 1. The lowest BCUT2D eigenvalue weighted by Gasteiger charge is -2.17. The summed E-state index contributed by atoms with van der Waals surface area (Å²) in [6.45, 7) is 2.09. The number of carbonyl (C=O) groups is 1. The Morgan fingerprint density at radius 1 is 1.11 bits per heavy atom. The number of amides is 1. The molecule has 0 aliphatic carbocycles. The minimum absolute atomic E-state index is 0.141. The highest BCUT2D eigenvalue weighted by Crippen LogP contribution is 2.22. The van der Waals surface area contributed by atoms with Crippen LogP contribution in [0.25, 0.3) is 0 Å². The molecule has 2 aromatic heterocycles. The third-order valence-corrected chi connectivity index (χ3v) is 4.10. The first-order chi connectivity index (χ1) is 13.4. The first kappa shape index (κ1) is 19.3. The maximum absolute atomic E-state index is 13.9. The van der Waals surface area contributed by atoms with Crippen molar-refractivity contribution in [2.75, 3.05) is 18.9 Å². The molecule has 3 aromatic rings. The third kappa shape index (κ3) is 4.64. The van der Waals surface area contributed by atoms with Gasteiger partial charge in [-0.3, -0.25) is 9.78 Å². The van der Waals surface area contributed by atoms with Crippen LogP contribution in [0.5, 0.6) is 0 Å². The van der Waals surface area contributed by atoms with Crippen molar-refractivity contribution in [1.82, 2.24) is 19.9 Å². The average molecular weight is 383 g/mol. The Morgan fingerprint density at radius 2 is 1.79 bits per heavy atom. The molecule has 2 heterocycles. The zero-order valence-electron chi connectivity index (χ0n) is 15.5. The fraction of sp³-hybridized carbons (Fsp3) is 0.200. The van der Waals surface area contributed by atoms with E-state index in [2.05, 4.69) is 20.3 Å². The summed E-state index contributed by atoms with van der Waals surface area (Å²) in [7, 11) is 1.67. The van der Waals surface area contributed by atoms with Crippen LogP contribution in [-0.4, -0.2) is 39.4 Å². The van der Waals surface area contributed by atoms with Gasteiger partial charge in [0.2, 0.25) is 0 Å². The Morgan fingerprint density at radius 3 is 2.46 bits per heavy atom. The van der Waals surface area contributed by atoms with E-state index in [1.54, 1.807) is 26.4 Å². The highest BCUT2D eigenvalue weighted by atomic mass is 19.1. The van der Waals surface area contributed by atoms with Crippen molar-refractivity contribution >= 4 is 17.4 Å². The molecule has 0 spiro atoms. The summed E-state index contributed by atoms with van der Waals surface area (Å²) in [5.74, 6) is -1.36. The van der Waals surface area contributed by atoms with E-state index in [4.69, 9.17) is 0 Å². The molecule has 144 valence electrons. The number of anilines is 2. The second kappa shape index (κ2) is 8.51. The lowest BCUT2D eigenvalue weighted by atomic mass is 10.2. The first-order valence-corrected chi connectivity index (χ1v) is 8.65. The topological polar surface area (TPSA) is 71.0 Å². The maximum Gasteiger partial charge on any atom is 0.272 e. The molecule has 0 aliphatic rings. The number of likely N-dealkylation sites (N-methyl/N-ethyl adjacent to an activating group) is 1. The number of rotatable bonds is 6. The summed E-state index contributed by atoms with van der Waals surface area (Å²) in [4.78, 5) is 26.5. The Kier molecular flexibility index (Phi) is 5.88. The largest absolute Gasteiger partial charge is 0.340 e. The van der Waals surface area contributed by atoms with Crippen molar-refractivity contribution in [1.29, 1.82) is 0 Å². The predicted molar refractivity (Wildman–Crippen MR) is 101 cm³/mol. The van der Waals surface area contributed by atoms with Gasteiger partial charge in [-0.15, -0.1) is 0 Å². The smallest absolute Gasteiger partial charge is 0.272 e. The number of nitrogens with zero attached hydrogens (tertiary/aromatic N) is 4. The summed E-state index contributed by atoms with van der Waals surface area (Å²) >= 11 is 0. The number of benzene rings is 1. The van der Waals surface area contributed by atoms with Crippen molar-refractivity contribution < 1.29 is 13.6 Å². The third-order valence-electron chi connectivity index (χ3n) is 4.10. The van der Waals surface area contributed by atoms with Crippen molar-refractivity contribution in [3.8, 4) is 0 Å². The summed E-state index contributed by atoms with van der Waals surface area (Å²) in [5, 5.41) is 2.59. The number of para-hydroxylation sites is 1. The van der Waals surface area contributed by atoms with Gasteiger partial charge in [-0.1, -0.05) is 6.07 Å². The van der Waals surface area contributed by atoms with Gasteiger partial charge in [0.05, 0.1) is 0 Å². The molecule has 3 rings (SSSR count). The van der Waals surface area contributed by atoms with Crippen LogP contribution >= 0.6 is 0 Å². The van der Waals surface area contributed by atoms with Crippen LogP contribution in [0.3, 0.4) is 0 Å². The fourth-order valence-corrected chi connectivity index (χ4v) is 2.63. The fourth-order valence-electron chi connectivity index (χ4n) is 2.63. The Hall–Kier alpha value is -3.42. The van der Waals surface area contributed by atoms with Gasteiger partial charge in [-0.2, -0.15) is 0 Å². The summed E-state index contributed by atoms with van der Waals surface area (Å²) in [5.41, 5.74) is 0.875. The highest BCUT2D eigenvalue weighted by molar-refractivity contribution is 5.93. The molecule has 1 aromatic carbocycles. The van der Waals surface area contributed by atoms with Gasteiger partial charge in [-0.25, -0.2) is 18.7 Å². The molecular weight excluding hydrogens is 364 g/mol. The summed E-state index contributed by atoms with van der Waals surface area (Å²) in [6.07, 6.45) is 4.07. The molecular formula is C20H19F2N5O. The SMILES string of the molecule is Cc1nc(Nc2c(F)cccc2F)cc(C(=O)N(C)CCc2ccncc2)n1.